The third-order valence-electron chi connectivity index (χ3n) is 7.99. The van der Waals surface area contributed by atoms with Crippen molar-refractivity contribution < 1.29 is 0 Å². The summed E-state index contributed by atoms with van der Waals surface area (Å²) in [4.78, 5) is 4.82. The zero-order valence-electron chi connectivity index (χ0n) is 27.9. The molecular weight excluding hydrogens is 555 g/mol. The Hall–Kier alpha value is -5.27. The highest BCUT2D eigenvalue weighted by molar-refractivity contribution is 6.21. The first-order chi connectivity index (χ1) is 22.5. The third-order valence-corrected chi connectivity index (χ3v) is 7.99. The Balaban J connectivity index is 0.000000406. The normalized spacial score (nSPS) is 10.4. The average molecular weight is 598 g/mol. The second-order valence-electron chi connectivity index (χ2n) is 11.5. The number of hydrogen-bond acceptors (Lipinski definition) is 1. The predicted molar refractivity (Wildman–Crippen MR) is 203 cm³/mol. The van der Waals surface area contributed by atoms with Crippen molar-refractivity contribution >= 4 is 32.9 Å². The molecule has 0 atom stereocenters. The van der Waals surface area contributed by atoms with E-state index < -0.39 is 0 Å². The van der Waals surface area contributed by atoms with Gasteiger partial charge in [0.1, 0.15) is 0 Å². The van der Waals surface area contributed by atoms with E-state index in [1.165, 1.54) is 66.1 Å². The summed E-state index contributed by atoms with van der Waals surface area (Å²) in [5, 5.41) is 5.05. The Morgan fingerprint density at radius 3 is 1.26 bits per heavy atom. The van der Waals surface area contributed by atoms with Crippen molar-refractivity contribution in [3.05, 3.63) is 163 Å². The SMILES string of the molecule is CC.CC(C)=Nc1cc(-c2c3ccccc3c(-c3ccc(-c4ccccc4)cc3)c3ccccc23)ccc1C.Cc1ccccc1. The van der Waals surface area contributed by atoms with Crippen LogP contribution in [0.25, 0.3) is 54.9 Å². The summed E-state index contributed by atoms with van der Waals surface area (Å²) in [6.07, 6.45) is 0. The molecule has 0 saturated heterocycles. The number of aliphatic imine (C=N–C) groups is 1. The van der Waals surface area contributed by atoms with Gasteiger partial charge in [0.2, 0.25) is 0 Å². The summed E-state index contributed by atoms with van der Waals surface area (Å²) >= 11 is 0. The highest BCUT2D eigenvalue weighted by atomic mass is 14.7. The van der Waals surface area contributed by atoms with Gasteiger partial charge in [-0.2, -0.15) is 0 Å². The van der Waals surface area contributed by atoms with Crippen LogP contribution in [0.2, 0.25) is 0 Å². The van der Waals surface area contributed by atoms with Crippen LogP contribution in [-0.4, -0.2) is 5.71 Å². The summed E-state index contributed by atoms with van der Waals surface area (Å²) in [5.41, 5.74) is 12.0. The number of aryl methyl sites for hydroxylation is 2. The van der Waals surface area contributed by atoms with E-state index in [1.807, 2.05) is 32.0 Å². The van der Waals surface area contributed by atoms with Gasteiger partial charge in [0, 0.05) is 5.71 Å². The first-order valence-corrected chi connectivity index (χ1v) is 16.2. The molecule has 1 nitrogen and oxygen atoms in total. The predicted octanol–water partition coefficient (Wildman–Crippen LogP) is 13.4. The monoisotopic (exact) mass is 597 g/mol. The second-order valence-corrected chi connectivity index (χ2v) is 11.5. The lowest BCUT2D eigenvalue weighted by Crippen LogP contribution is -1.91. The fraction of sp³-hybridized carbons (Fsp3) is 0.133. The first kappa shape index (κ1) is 32.1. The average Bonchev–Trinajstić information content (AvgIpc) is 3.10. The van der Waals surface area contributed by atoms with Gasteiger partial charge >= 0.3 is 0 Å². The van der Waals surface area contributed by atoms with Gasteiger partial charge < -0.3 is 0 Å². The highest BCUT2D eigenvalue weighted by Crippen LogP contribution is 2.44. The number of benzene rings is 7. The summed E-state index contributed by atoms with van der Waals surface area (Å²) in [6.45, 7) is 12.3. The Morgan fingerprint density at radius 2 is 0.804 bits per heavy atom. The smallest absolute Gasteiger partial charge is 0.0664 e. The molecular formula is C45H43N. The van der Waals surface area contributed by atoms with Crippen LogP contribution in [0.15, 0.2) is 157 Å². The molecule has 0 radical (unpaired) electrons. The van der Waals surface area contributed by atoms with Gasteiger partial charge in [0.25, 0.3) is 0 Å². The molecule has 7 aromatic rings. The number of fused-ring (bicyclic) bond motifs is 2. The number of nitrogens with zero attached hydrogens (tertiary/aromatic N) is 1. The van der Waals surface area contributed by atoms with Crippen molar-refractivity contribution in [2.75, 3.05) is 0 Å². The Bertz CT molecular complexity index is 2010. The molecule has 0 aromatic heterocycles. The molecule has 0 spiro atoms. The van der Waals surface area contributed by atoms with E-state index in [4.69, 9.17) is 4.99 Å². The summed E-state index contributed by atoms with van der Waals surface area (Å²) in [7, 11) is 0. The molecule has 0 fully saturated rings. The van der Waals surface area contributed by atoms with Crippen LogP contribution in [0.3, 0.4) is 0 Å². The fourth-order valence-electron chi connectivity index (χ4n) is 5.87. The van der Waals surface area contributed by atoms with Gasteiger partial charge in [0.15, 0.2) is 0 Å². The van der Waals surface area contributed by atoms with Crippen LogP contribution >= 0.6 is 0 Å². The minimum absolute atomic E-state index is 1.03. The van der Waals surface area contributed by atoms with E-state index in [2.05, 4.69) is 161 Å². The Kier molecular flexibility index (Phi) is 10.6. The largest absolute Gasteiger partial charge is 0.258 e. The van der Waals surface area contributed by atoms with Crippen molar-refractivity contribution in [1.29, 1.82) is 0 Å². The van der Waals surface area contributed by atoms with E-state index in [0.29, 0.717) is 0 Å². The molecule has 0 aliphatic rings. The molecule has 0 heterocycles. The molecule has 0 aliphatic heterocycles. The van der Waals surface area contributed by atoms with Crippen LogP contribution in [0.1, 0.15) is 38.8 Å². The lowest BCUT2D eigenvalue weighted by molar-refractivity contribution is 1.38. The number of hydrogen-bond donors (Lipinski definition) is 0. The standard InChI is InChI=1S/C36H29N.C7H8.C2H6/c1-24(2)37-34-23-29(18-17-25(34)3)36-32-15-9-7-13-30(32)35(31-14-8-10-16-33(31)36)28-21-19-27(20-22-28)26-11-5-4-6-12-26;1-7-5-3-2-4-6-7;1-2/h4-23H,1-3H3;2-6H,1H3;1-2H3. The van der Waals surface area contributed by atoms with Crippen LogP contribution in [-0.2, 0) is 0 Å². The van der Waals surface area contributed by atoms with Crippen LogP contribution in [0.4, 0.5) is 5.69 Å². The third kappa shape index (κ3) is 7.16. The second kappa shape index (κ2) is 15.1. The van der Waals surface area contributed by atoms with Crippen LogP contribution in [0.5, 0.6) is 0 Å². The van der Waals surface area contributed by atoms with Crippen molar-refractivity contribution in [3.63, 3.8) is 0 Å². The minimum atomic E-state index is 1.03. The van der Waals surface area contributed by atoms with E-state index >= 15 is 0 Å². The maximum Gasteiger partial charge on any atom is 0.0664 e. The molecule has 0 unspecified atom stereocenters. The molecule has 0 N–H and O–H groups in total. The molecule has 228 valence electrons. The zero-order valence-corrected chi connectivity index (χ0v) is 27.9. The molecule has 46 heavy (non-hydrogen) atoms. The quantitative estimate of drug-likeness (QED) is 0.141. The molecule has 0 saturated carbocycles. The molecule has 0 amide bonds. The van der Waals surface area contributed by atoms with Crippen molar-refractivity contribution in [2.45, 2.75) is 41.5 Å². The minimum Gasteiger partial charge on any atom is -0.258 e. The van der Waals surface area contributed by atoms with Gasteiger partial charge in [-0.1, -0.05) is 165 Å². The van der Waals surface area contributed by atoms with E-state index in [9.17, 15) is 0 Å². The Labute approximate surface area is 274 Å². The molecule has 0 aliphatic carbocycles. The van der Waals surface area contributed by atoms with Gasteiger partial charge in [-0.25, -0.2) is 0 Å². The van der Waals surface area contributed by atoms with Gasteiger partial charge in [-0.3, -0.25) is 4.99 Å². The zero-order chi connectivity index (χ0) is 32.5. The van der Waals surface area contributed by atoms with Gasteiger partial charge in [-0.15, -0.1) is 0 Å². The van der Waals surface area contributed by atoms with E-state index in [0.717, 1.165) is 11.4 Å². The molecule has 1 heteroatoms. The van der Waals surface area contributed by atoms with Gasteiger partial charge in [0.05, 0.1) is 5.69 Å². The number of rotatable bonds is 4. The highest BCUT2D eigenvalue weighted by Gasteiger charge is 2.17. The van der Waals surface area contributed by atoms with Crippen LogP contribution < -0.4 is 0 Å². The Morgan fingerprint density at radius 1 is 0.413 bits per heavy atom. The first-order valence-electron chi connectivity index (χ1n) is 16.2. The summed E-state index contributed by atoms with van der Waals surface area (Å²) in [6, 6.07) is 54.1. The van der Waals surface area contributed by atoms with Crippen molar-refractivity contribution in [3.8, 4) is 33.4 Å². The lowest BCUT2D eigenvalue weighted by Gasteiger charge is -2.18. The maximum atomic E-state index is 4.82. The van der Waals surface area contributed by atoms with Crippen LogP contribution in [0, 0.1) is 13.8 Å². The van der Waals surface area contributed by atoms with E-state index in [-0.39, 0.29) is 0 Å². The van der Waals surface area contributed by atoms with Gasteiger partial charge in [-0.05, 0) is 94.3 Å². The summed E-state index contributed by atoms with van der Waals surface area (Å²) in [5.74, 6) is 0. The van der Waals surface area contributed by atoms with Crippen molar-refractivity contribution in [2.24, 2.45) is 4.99 Å². The summed E-state index contributed by atoms with van der Waals surface area (Å²) < 4.78 is 0. The van der Waals surface area contributed by atoms with E-state index in [1.54, 1.807) is 0 Å². The van der Waals surface area contributed by atoms with Crippen molar-refractivity contribution in [1.82, 2.24) is 0 Å². The molecule has 7 aromatic carbocycles. The fourth-order valence-corrected chi connectivity index (χ4v) is 5.87. The maximum absolute atomic E-state index is 4.82. The molecule has 0 bridgehead atoms. The lowest BCUT2D eigenvalue weighted by atomic mass is 9.85. The molecule has 7 rings (SSSR count). The topological polar surface area (TPSA) is 12.4 Å².